The van der Waals surface area contributed by atoms with Crippen LogP contribution in [0.3, 0.4) is 0 Å². The molecule has 1 aromatic carbocycles. The fourth-order valence-electron chi connectivity index (χ4n) is 1.96. The quantitative estimate of drug-likeness (QED) is 0.544. The highest BCUT2D eigenvalue weighted by molar-refractivity contribution is 5.53. The Labute approximate surface area is 122 Å². The molecule has 0 saturated heterocycles. The smallest absolute Gasteiger partial charge is 0.0485 e. The SMILES string of the molecule is C=CC(C=C)C=Cc1ccc(C(C=C)(C=C)C=C)cc1. The highest BCUT2D eigenvalue weighted by Crippen LogP contribution is 2.28. The monoisotopic (exact) mass is 262 g/mol. The van der Waals surface area contributed by atoms with Crippen LogP contribution >= 0.6 is 0 Å². The van der Waals surface area contributed by atoms with E-state index >= 15 is 0 Å². The van der Waals surface area contributed by atoms with Crippen molar-refractivity contribution in [2.45, 2.75) is 5.41 Å². The fraction of sp³-hybridized carbons (Fsp3) is 0.100. The van der Waals surface area contributed by atoms with Gasteiger partial charge in [0.1, 0.15) is 0 Å². The van der Waals surface area contributed by atoms with Crippen LogP contribution in [-0.4, -0.2) is 0 Å². The molecule has 1 aromatic rings. The third-order valence-corrected chi connectivity index (χ3v) is 3.48. The second kappa shape index (κ2) is 7.30. The number of allylic oxidation sites excluding steroid dienone is 6. The van der Waals surface area contributed by atoms with Crippen molar-refractivity contribution in [3.05, 3.63) is 105 Å². The van der Waals surface area contributed by atoms with E-state index in [2.05, 4.69) is 69.3 Å². The van der Waals surface area contributed by atoms with Gasteiger partial charge in [0.05, 0.1) is 0 Å². The van der Waals surface area contributed by atoms with Crippen molar-refractivity contribution < 1.29 is 0 Å². The van der Waals surface area contributed by atoms with Gasteiger partial charge < -0.3 is 0 Å². The molecule has 102 valence electrons. The van der Waals surface area contributed by atoms with Gasteiger partial charge in [-0.15, -0.1) is 32.9 Å². The number of hydrogen-bond acceptors (Lipinski definition) is 0. The topological polar surface area (TPSA) is 0 Å². The molecule has 0 atom stereocenters. The molecule has 0 radical (unpaired) electrons. The first kappa shape index (κ1) is 15.7. The van der Waals surface area contributed by atoms with Crippen LogP contribution in [0.25, 0.3) is 6.08 Å². The van der Waals surface area contributed by atoms with Gasteiger partial charge in [-0.1, -0.05) is 66.8 Å². The van der Waals surface area contributed by atoms with Crippen LogP contribution in [0.5, 0.6) is 0 Å². The first-order valence-electron chi connectivity index (χ1n) is 6.60. The largest absolute Gasteiger partial charge is 0.102 e. The second-order valence-electron chi connectivity index (χ2n) is 4.58. The van der Waals surface area contributed by atoms with Crippen LogP contribution in [0.15, 0.2) is 93.6 Å². The van der Waals surface area contributed by atoms with Crippen molar-refractivity contribution in [3.8, 4) is 0 Å². The zero-order valence-corrected chi connectivity index (χ0v) is 12.0. The summed E-state index contributed by atoms with van der Waals surface area (Å²) in [6.45, 7) is 19.2. The van der Waals surface area contributed by atoms with Crippen molar-refractivity contribution in [3.63, 3.8) is 0 Å². The number of rotatable bonds is 8. The molecule has 0 heteroatoms. The molecule has 0 nitrogen and oxygen atoms in total. The standard InChI is InChI=1S/C20H22/c1-6-17(7-2)11-12-18-13-15-19(16-14-18)20(8-3,9-4)10-5/h6-17H,1-5H2. The van der Waals surface area contributed by atoms with Crippen molar-refractivity contribution in [1.29, 1.82) is 0 Å². The molecule has 0 fully saturated rings. The normalized spacial score (nSPS) is 11.2. The van der Waals surface area contributed by atoms with Crippen LogP contribution < -0.4 is 0 Å². The third kappa shape index (κ3) is 3.36. The van der Waals surface area contributed by atoms with Crippen LogP contribution in [0.4, 0.5) is 0 Å². The Kier molecular flexibility index (Phi) is 5.74. The molecule has 0 aromatic heterocycles. The Morgan fingerprint density at radius 1 is 0.800 bits per heavy atom. The minimum absolute atomic E-state index is 0.197. The van der Waals surface area contributed by atoms with E-state index in [0.29, 0.717) is 0 Å². The van der Waals surface area contributed by atoms with E-state index in [4.69, 9.17) is 0 Å². The molecule has 0 N–H and O–H groups in total. The third-order valence-electron chi connectivity index (χ3n) is 3.48. The Bertz CT molecular complexity index is 496. The van der Waals surface area contributed by atoms with E-state index in [1.807, 2.05) is 30.4 Å². The average Bonchev–Trinajstić information content (AvgIpc) is 2.52. The maximum absolute atomic E-state index is 3.88. The molecular formula is C20H22. The van der Waals surface area contributed by atoms with Gasteiger partial charge in [-0.05, 0) is 11.1 Å². The van der Waals surface area contributed by atoms with Gasteiger partial charge in [0.2, 0.25) is 0 Å². The van der Waals surface area contributed by atoms with Crippen LogP contribution in [-0.2, 0) is 5.41 Å². The summed E-state index contributed by atoms with van der Waals surface area (Å²) in [5, 5.41) is 0. The van der Waals surface area contributed by atoms with Crippen LogP contribution in [0, 0.1) is 5.92 Å². The molecular weight excluding hydrogens is 240 g/mol. The Morgan fingerprint density at radius 2 is 1.30 bits per heavy atom. The van der Waals surface area contributed by atoms with Gasteiger partial charge in [0, 0.05) is 11.3 Å². The van der Waals surface area contributed by atoms with E-state index in [1.165, 1.54) is 0 Å². The zero-order chi connectivity index (χ0) is 15.0. The highest BCUT2D eigenvalue weighted by atomic mass is 14.2. The lowest BCUT2D eigenvalue weighted by Crippen LogP contribution is -2.16. The minimum Gasteiger partial charge on any atom is -0.102 e. The van der Waals surface area contributed by atoms with Gasteiger partial charge in [-0.2, -0.15) is 0 Å². The van der Waals surface area contributed by atoms with E-state index in [9.17, 15) is 0 Å². The first-order chi connectivity index (χ1) is 9.65. The maximum atomic E-state index is 3.88. The van der Waals surface area contributed by atoms with Crippen molar-refractivity contribution >= 4 is 6.08 Å². The predicted octanol–water partition coefficient (Wildman–Crippen LogP) is 5.48. The molecule has 0 heterocycles. The summed E-state index contributed by atoms with van der Waals surface area (Å²) in [6.07, 6.45) is 13.4. The van der Waals surface area contributed by atoms with Gasteiger partial charge in [0.25, 0.3) is 0 Å². The summed E-state index contributed by atoms with van der Waals surface area (Å²) in [7, 11) is 0. The van der Waals surface area contributed by atoms with Gasteiger partial charge in [-0.3, -0.25) is 0 Å². The van der Waals surface area contributed by atoms with Gasteiger partial charge in [0.15, 0.2) is 0 Å². The van der Waals surface area contributed by atoms with Crippen LogP contribution in [0.2, 0.25) is 0 Å². The molecule has 20 heavy (non-hydrogen) atoms. The lowest BCUT2D eigenvalue weighted by atomic mass is 9.80. The summed E-state index contributed by atoms with van der Waals surface area (Å²) >= 11 is 0. The molecule has 0 spiro atoms. The maximum Gasteiger partial charge on any atom is 0.0485 e. The molecule has 1 rings (SSSR count). The lowest BCUT2D eigenvalue weighted by molar-refractivity contribution is 0.864. The van der Waals surface area contributed by atoms with Crippen molar-refractivity contribution in [2.24, 2.45) is 5.92 Å². The van der Waals surface area contributed by atoms with Gasteiger partial charge in [-0.25, -0.2) is 0 Å². The minimum atomic E-state index is -0.368. The van der Waals surface area contributed by atoms with Crippen LogP contribution in [0.1, 0.15) is 11.1 Å². The fourth-order valence-corrected chi connectivity index (χ4v) is 1.96. The molecule has 0 bridgehead atoms. The van der Waals surface area contributed by atoms with Crippen molar-refractivity contribution in [2.75, 3.05) is 0 Å². The number of hydrogen-bond donors (Lipinski definition) is 0. The summed E-state index contributed by atoms with van der Waals surface area (Å²) < 4.78 is 0. The van der Waals surface area contributed by atoms with Gasteiger partial charge >= 0.3 is 0 Å². The van der Waals surface area contributed by atoms with E-state index < -0.39 is 0 Å². The molecule has 0 aliphatic heterocycles. The Balaban J connectivity index is 3.02. The predicted molar refractivity (Wildman–Crippen MR) is 91.6 cm³/mol. The summed E-state index contributed by atoms with van der Waals surface area (Å²) in [6, 6.07) is 8.28. The molecule has 0 aliphatic carbocycles. The second-order valence-corrected chi connectivity index (χ2v) is 4.58. The summed E-state index contributed by atoms with van der Waals surface area (Å²) in [5.74, 6) is 0.197. The summed E-state index contributed by atoms with van der Waals surface area (Å²) in [4.78, 5) is 0. The van der Waals surface area contributed by atoms with Crippen molar-refractivity contribution in [1.82, 2.24) is 0 Å². The molecule has 0 saturated carbocycles. The van der Waals surface area contributed by atoms with E-state index in [0.717, 1.165) is 11.1 Å². The zero-order valence-electron chi connectivity index (χ0n) is 12.0. The Morgan fingerprint density at radius 3 is 1.70 bits per heavy atom. The summed E-state index contributed by atoms with van der Waals surface area (Å²) in [5.41, 5.74) is 1.87. The number of benzene rings is 1. The van der Waals surface area contributed by atoms with E-state index in [1.54, 1.807) is 0 Å². The molecule has 0 amide bonds. The highest BCUT2D eigenvalue weighted by Gasteiger charge is 2.20. The Hall–Kier alpha value is -2.34. The molecule has 0 unspecified atom stereocenters. The average molecular weight is 262 g/mol. The molecule has 0 aliphatic rings. The first-order valence-corrected chi connectivity index (χ1v) is 6.60. The lowest BCUT2D eigenvalue weighted by Gasteiger charge is -2.23. The van der Waals surface area contributed by atoms with E-state index in [-0.39, 0.29) is 11.3 Å².